The number of nitrogens with zero attached hydrogens (tertiary/aromatic N) is 3. The van der Waals surface area contributed by atoms with Crippen molar-refractivity contribution in [2.75, 3.05) is 37.6 Å². The number of rotatable bonds is 4. The first-order valence-electron chi connectivity index (χ1n) is 7.95. The highest BCUT2D eigenvalue weighted by atomic mass is 19.1. The molecule has 1 saturated heterocycles. The van der Waals surface area contributed by atoms with Crippen molar-refractivity contribution in [2.45, 2.75) is 19.4 Å². The summed E-state index contributed by atoms with van der Waals surface area (Å²) in [6, 6.07) is 8.92. The maximum atomic E-state index is 13.2. The first kappa shape index (κ1) is 15.2. The summed E-state index contributed by atoms with van der Waals surface area (Å²) in [6.07, 6.45) is 1.02. The summed E-state index contributed by atoms with van der Waals surface area (Å²) in [7, 11) is 0. The lowest BCUT2D eigenvalue weighted by molar-refractivity contribution is 0.240. The zero-order valence-electron chi connectivity index (χ0n) is 13.0. The first-order chi connectivity index (χ1) is 10.7. The van der Waals surface area contributed by atoms with Crippen LogP contribution in [0.5, 0.6) is 0 Å². The van der Waals surface area contributed by atoms with E-state index in [4.69, 9.17) is 5.73 Å². The number of aromatic nitrogens is 1. The Morgan fingerprint density at radius 2 is 1.95 bits per heavy atom. The predicted molar refractivity (Wildman–Crippen MR) is 88.6 cm³/mol. The van der Waals surface area contributed by atoms with Crippen LogP contribution in [-0.4, -0.2) is 48.6 Å². The standard InChI is InChI=1S/C17H23FN4/c1-2-15(19)12-21-7-9-22(10-8-21)17-6-3-13-11-14(18)4-5-16(13)20-17/h3-6,11,15H,2,7-10,12,19H2,1H3. The zero-order valence-corrected chi connectivity index (χ0v) is 13.0. The molecule has 1 aromatic carbocycles. The Hall–Kier alpha value is -1.72. The van der Waals surface area contributed by atoms with Crippen LogP contribution in [0.3, 0.4) is 0 Å². The minimum Gasteiger partial charge on any atom is -0.354 e. The van der Waals surface area contributed by atoms with E-state index in [1.54, 1.807) is 6.07 Å². The molecule has 1 aliphatic rings. The molecule has 1 unspecified atom stereocenters. The van der Waals surface area contributed by atoms with E-state index < -0.39 is 0 Å². The molecule has 1 aliphatic heterocycles. The van der Waals surface area contributed by atoms with Crippen LogP contribution >= 0.6 is 0 Å². The number of hydrogen-bond donors (Lipinski definition) is 1. The molecule has 2 aromatic rings. The topological polar surface area (TPSA) is 45.4 Å². The van der Waals surface area contributed by atoms with Crippen molar-refractivity contribution in [3.63, 3.8) is 0 Å². The number of piperazine rings is 1. The van der Waals surface area contributed by atoms with E-state index in [0.717, 1.165) is 55.9 Å². The number of fused-ring (bicyclic) bond motifs is 1. The lowest BCUT2D eigenvalue weighted by Crippen LogP contribution is -2.50. The van der Waals surface area contributed by atoms with Crippen LogP contribution in [0.15, 0.2) is 30.3 Å². The van der Waals surface area contributed by atoms with Gasteiger partial charge in [-0.1, -0.05) is 6.92 Å². The molecule has 3 rings (SSSR count). The van der Waals surface area contributed by atoms with Crippen LogP contribution in [0.1, 0.15) is 13.3 Å². The molecule has 22 heavy (non-hydrogen) atoms. The highest BCUT2D eigenvalue weighted by Gasteiger charge is 2.19. The van der Waals surface area contributed by atoms with Crippen molar-refractivity contribution in [3.05, 3.63) is 36.1 Å². The monoisotopic (exact) mass is 302 g/mol. The van der Waals surface area contributed by atoms with Gasteiger partial charge in [-0.05, 0) is 36.8 Å². The average molecular weight is 302 g/mol. The van der Waals surface area contributed by atoms with E-state index >= 15 is 0 Å². The number of benzene rings is 1. The van der Waals surface area contributed by atoms with Crippen LogP contribution in [-0.2, 0) is 0 Å². The molecule has 0 spiro atoms. The highest BCUT2D eigenvalue weighted by molar-refractivity contribution is 5.80. The van der Waals surface area contributed by atoms with Gasteiger partial charge in [0.15, 0.2) is 0 Å². The quantitative estimate of drug-likeness (QED) is 0.941. The fourth-order valence-corrected chi connectivity index (χ4v) is 2.88. The Labute approximate surface area is 130 Å². The molecular weight excluding hydrogens is 279 g/mol. The smallest absolute Gasteiger partial charge is 0.129 e. The molecule has 0 saturated carbocycles. The second-order valence-electron chi connectivity index (χ2n) is 5.96. The predicted octanol–water partition coefficient (Wildman–Crippen LogP) is 2.23. The van der Waals surface area contributed by atoms with Crippen molar-refractivity contribution in [3.8, 4) is 0 Å². The Kier molecular flexibility index (Phi) is 4.55. The molecule has 2 N–H and O–H groups in total. The van der Waals surface area contributed by atoms with Crippen molar-refractivity contribution in [1.82, 2.24) is 9.88 Å². The van der Waals surface area contributed by atoms with E-state index in [1.807, 2.05) is 12.1 Å². The summed E-state index contributed by atoms with van der Waals surface area (Å²) in [5.41, 5.74) is 6.87. The van der Waals surface area contributed by atoms with Gasteiger partial charge in [0, 0.05) is 44.2 Å². The Bertz CT molecular complexity index is 638. The largest absolute Gasteiger partial charge is 0.354 e. The Morgan fingerprint density at radius 1 is 1.18 bits per heavy atom. The molecule has 0 bridgehead atoms. The van der Waals surface area contributed by atoms with Crippen LogP contribution < -0.4 is 10.6 Å². The summed E-state index contributed by atoms with van der Waals surface area (Å²) in [5.74, 6) is 0.751. The summed E-state index contributed by atoms with van der Waals surface area (Å²) in [5, 5.41) is 0.844. The van der Waals surface area contributed by atoms with E-state index in [2.05, 4.69) is 21.7 Å². The molecule has 0 aliphatic carbocycles. The average Bonchev–Trinajstić information content (AvgIpc) is 2.55. The normalized spacial score (nSPS) is 17.9. The van der Waals surface area contributed by atoms with Crippen LogP contribution in [0.25, 0.3) is 10.9 Å². The molecule has 1 aromatic heterocycles. The van der Waals surface area contributed by atoms with Gasteiger partial charge in [0.25, 0.3) is 0 Å². The van der Waals surface area contributed by atoms with Gasteiger partial charge in [0.1, 0.15) is 11.6 Å². The van der Waals surface area contributed by atoms with Crippen molar-refractivity contribution < 1.29 is 4.39 Å². The molecular formula is C17H23FN4. The molecule has 5 heteroatoms. The number of pyridine rings is 1. The third-order valence-electron chi connectivity index (χ3n) is 4.35. The summed E-state index contributed by atoms with van der Waals surface area (Å²) in [6.45, 7) is 7.03. The van der Waals surface area contributed by atoms with Crippen molar-refractivity contribution >= 4 is 16.7 Å². The fourth-order valence-electron chi connectivity index (χ4n) is 2.88. The molecule has 1 fully saturated rings. The van der Waals surface area contributed by atoms with Crippen LogP contribution in [0.2, 0.25) is 0 Å². The van der Waals surface area contributed by atoms with Gasteiger partial charge in [-0.25, -0.2) is 9.37 Å². The van der Waals surface area contributed by atoms with E-state index in [0.29, 0.717) is 0 Å². The van der Waals surface area contributed by atoms with Gasteiger partial charge in [-0.2, -0.15) is 0 Å². The molecule has 1 atom stereocenters. The SMILES string of the molecule is CCC(N)CN1CCN(c2ccc3cc(F)ccc3n2)CC1. The Balaban J connectivity index is 1.67. The van der Waals surface area contributed by atoms with E-state index in [-0.39, 0.29) is 11.9 Å². The van der Waals surface area contributed by atoms with Gasteiger partial charge in [-0.3, -0.25) is 4.90 Å². The minimum atomic E-state index is -0.220. The minimum absolute atomic E-state index is 0.220. The molecule has 0 radical (unpaired) electrons. The maximum absolute atomic E-state index is 13.2. The second-order valence-corrected chi connectivity index (χ2v) is 5.96. The number of nitrogens with two attached hydrogens (primary N) is 1. The fraction of sp³-hybridized carbons (Fsp3) is 0.471. The summed E-state index contributed by atoms with van der Waals surface area (Å²) < 4.78 is 13.2. The van der Waals surface area contributed by atoms with Crippen molar-refractivity contribution in [1.29, 1.82) is 0 Å². The number of anilines is 1. The zero-order chi connectivity index (χ0) is 15.5. The van der Waals surface area contributed by atoms with Gasteiger partial charge >= 0.3 is 0 Å². The molecule has 2 heterocycles. The lowest BCUT2D eigenvalue weighted by atomic mass is 10.2. The van der Waals surface area contributed by atoms with Crippen LogP contribution in [0, 0.1) is 5.82 Å². The highest BCUT2D eigenvalue weighted by Crippen LogP contribution is 2.20. The third kappa shape index (κ3) is 3.36. The van der Waals surface area contributed by atoms with Crippen LogP contribution in [0.4, 0.5) is 10.2 Å². The third-order valence-corrected chi connectivity index (χ3v) is 4.35. The first-order valence-corrected chi connectivity index (χ1v) is 7.95. The van der Waals surface area contributed by atoms with E-state index in [9.17, 15) is 4.39 Å². The van der Waals surface area contributed by atoms with Gasteiger partial charge in [-0.15, -0.1) is 0 Å². The second kappa shape index (κ2) is 6.58. The Morgan fingerprint density at radius 3 is 2.68 bits per heavy atom. The van der Waals surface area contributed by atoms with Gasteiger partial charge in [0.2, 0.25) is 0 Å². The van der Waals surface area contributed by atoms with Gasteiger partial charge in [0.05, 0.1) is 5.52 Å². The lowest BCUT2D eigenvalue weighted by Gasteiger charge is -2.36. The summed E-state index contributed by atoms with van der Waals surface area (Å²) in [4.78, 5) is 9.36. The van der Waals surface area contributed by atoms with Crippen molar-refractivity contribution in [2.24, 2.45) is 5.73 Å². The molecule has 0 amide bonds. The number of halogens is 1. The van der Waals surface area contributed by atoms with E-state index in [1.165, 1.54) is 12.1 Å². The molecule has 118 valence electrons. The van der Waals surface area contributed by atoms with Gasteiger partial charge < -0.3 is 10.6 Å². The molecule has 4 nitrogen and oxygen atoms in total. The summed E-state index contributed by atoms with van der Waals surface area (Å²) >= 11 is 0. The maximum Gasteiger partial charge on any atom is 0.129 e. The number of hydrogen-bond acceptors (Lipinski definition) is 4.